The third-order valence-electron chi connectivity index (χ3n) is 9.72. The van der Waals surface area contributed by atoms with Gasteiger partial charge in [0.25, 0.3) is 11.8 Å². The summed E-state index contributed by atoms with van der Waals surface area (Å²) >= 11 is 7.77. The summed E-state index contributed by atoms with van der Waals surface area (Å²) in [7, 11) is 0. The lowest BCUT2D eigenvalue weighted by molar-refractivity contribution is -0.163. The zero-order chi connectivity index (χ0) is 34.6. The SMILES string of the molecule is NC(=O)C1(N2CCC(F)(F)CC2)CCN(C(=O)c2cc(-c3ccc(OCCCOC4CCCCO4)cc3)c(-c3ccc(F)cc3Cl)s2)CC1. The molecule has 2 amide bonds. The number of hydrogen-bond acceptors (Lipinski definition) is 7. The van der Waals surface area contributed by atoms with Crippen molar-refractivity contribution >= 4 is 34.8 Å². The molecule has 4 heterocycles. The molecule has 49 heavy (non-hydrogen) atoms. The van der Waals surface area contributed by atoms with Crippen LogP contribution in [-0.4, -0.2) is 85.4 Å². The van der Waals surface area contributed by atoms with E-state index in [9.17, 15) is 22.8 Å². The summed E-state index contributed by atoms with van der Waals surface area (Å²) in [6.45, 7) is 2.43. The molecule has 3 fully saturated rings. The Hall–Kier alpha value is -3.16. The third-order valence-corrected chi connectivity index (χ3v) is 11.2. The number of primary amides is 1. The molecule has 0 bridgehead atoms. The maximum Gasteiger partial charge on any atom is 0.263 e. The number of carbonyl (C=O) groups excluding carboxylic acids is 2. The molecule has 2 N–H and O–H groups in total. The summed E-state index contributed by atoms with van der Waals surface area (Å²) in [5.41, 5.74) is 6.97. The minimum absolute atomic E-state index is 0.0774. The van der Waals surface area contributed by atoms with Crippen LogP contribution in [0.5, 0.6) is 5.75 Å². The van der Waals surface area contributed by atoms with Gasteiger partial charge in [-0.3, -0.25) is 14.5 Å². The second-order valence-corrected chi connectivity index (χ2v) is 14.4. The molecule has 0 aliphatic carbocycles. The summed E-state index contributed by atoms with van der Waals surface area (Å²) in [6, 6.07) is 13.5. The molecule has 0 spiro atoms. The van der Waals surface area contributed by atoms with E-state index in [2.05, 4.69) is 0 Å². The normalized spacial score (nSPS) is 21.0. The van der Waals surface area contributed by atoms with E-state index in [1.165, 1.54) is 23.5 Å². The topological polar surface area (TPSA) is 94.3 Å². The maximum atomic E-state index is 14.0. The Morgan fingerprint density at radius 3 is 2.35 bits per heavy atom. The number of benzene rings is 2. The number of thiophene rings is 1. The molecule has 2 aromatic carbocycles. The van der Waals surface area contributed by atoms with Gasteiger partial charge in [0.15, 0.2) is 6.29 Å². The average Bonchev–Trinajstić information content (AvgIpc) is 3.53. The minimum Gasteiger partial charge on any atom is -0.494 e. The van der Waals surface area contributed by atoms with Gasteiger partial charge in [0.05, 0.1) is 23.1 Å². The minimum atomic E-state index is -2.75. The molecule has 6 rings (SSSR count). The van der Waals surface area contributed by atoms with Crippen molar-refractivity contribution in [1.29, 1.82) is 0 Å². The Morgan fingerprint density at radius 2 is 1.69 bits per heavy atom. The zero-order valence-corrected chi connectivity index (χ0v) is 28.8. The van der Waals surface area contributed by atoms with Gasteiger partial charge in [-0.2, -0.15) is 0 Å². The average molecular weight is 720 g/mol. The van der Waals surface area contributed by atoms with Gasteiger partial charge in [-0.05, 0) is 74.1 Å². The van der Waals surface area contributed by atoms with Crippen molar-refractivity contribution in [1.82, 2.24) is 9.80 Å². The highest BCUT2D eigenvalue weighted by Gasteiger charge is 2.49. The number of amides is 2. The number of rotatable bonds is 11. The lowest BCUT2D eigenvalue weighted by atomic mass is 9.83. The maximum absolute atomic E-state index is 14.0. The Bertz CT molecular complexity index is 1610. The van der Waals surface area contributed by atoms with E-state index in [0.29, 0.717) is 34.3 Å². The van der Waals surface area contributed by atoms with Crippen molar-refractivity contribution in [2.75, 3.05) is 46.0 Å². The van der Waals surface area contributed by atoms with Crippen LogP contribution in [0.1, 0.15) is 61.0 Å². The van der Waals surface area contributed by atoms with Crippen LogP contribution in [0, 0.1) is 5.82 Å². The molecule has 1 unspecified atom stereocenters. The molecule has 1 atom stereocenters. The molecule has 3 aromatic rings. The molecule has 3 aliphatic heterocycles. The second-order valence-electron chi connectivity index (χ2n) is 12.9. The lowest BCUT2D eigenvalue weighted by Gasteiger charge is -2.48. The van der Waals surface area contributed by atoms with Crippen molar-refractivity contribution in [3.63, 3.8) is 0 Å². The van der Waals surface area contributed by atoms with Gasteiger partial charge < -0.3 is 24.8 Å². The first kappa shape index (κ1) is 35.7. The first-order chi connectivity index (χ1) is 23.5. The van der Waals surface area contributed by atoms with Crippen LogP contribution < -0.4 is 10.5 Å². The second kappa shape index (κ2) is 15.4. The van der Waals surface area contributed by atoms with E-state index < -0.39 is 23.2 Å². The predicted molar refractivity (Wildman–Crippen MR) is 183 cm³/mol. The molecule has 3 saturated heterocycles. The van der Waals surface area contributed by atoms with Crippen LogP contribution >= 0.6 is 22.9 Å². The van der Waals surface area contributed by atoms with Gasteiger partial charge in [-0.15, -0.1) is 11.3 Å². The van der Waals surface area contributed by atoms with Crippen molar-refractivity contribution in [3.8, 4) is 27.3 Å². The van der Waals surface area contributed by atoms with Crippen LogP contribution in [0.25, 0.3) is 21.6 Å². The predicted octanol–water partition coefficient (Wildman–Crippen LogP) is 7.38. The summed E-state index contributed by atoms with van der Waals surface area (Å²) in [4.78, 5) is 31.2. The highest BCUT2D eigenvalue weighted by atomic mass is 35.5. The Morgan fingerprint density at radius 1 is 0.959 bits per heavy atom. The van der Waals surface area contributed by atoms with Crippen LogP contribution in [0.3, 0.4) is 0 Å². The van der Waals surface area contributed by atoms with Crippen LogP contribution in [0.4, 0.5) is 13.2 Å². The van der Waals surface area contributed by atoms with E-state index in [-0.39, 0.29) is 69.1 Å². The number of hydrogen-bond donors (Lipinski definition) is 1. The van der Waals surface area contributed by atoms with Crippen LogP contribution in [0.2, 0.25) is 5.02 Å². The molecular formula is C36H41ClF3N3O5S. The largest absolute Gasteiger partial charge is 0.494 e. The molecule has 8 nitrogen and oxygen atoms in total. The van der Waals surface area contributed by atoms with E-state index >= 15 is 0 Å². The summed E-state index contributed by atoms with van der Waals surface area (Å²) in [5, 5.41) is 0.222. The molecule has 0 saturated carbocycles. The zero-order valence-electron chi connectivity index (χ0n) is 27.2. The fourth-order valence-electron chi connectivity index (χ4n) is 6.84. The molecule has 13 heteroatoms. The fourth-order valence-corrected chi connectivity index (χ4v) is 8.34. The Kier molecular flexibility index (Phi) is 11.2. The quantitative estimate of drug-likeness (QED) is 0.208. The lowest BCUT2D eigenvalue weighted by Crippen LogP contribution is -2.64. The van der Waals surface area contributed by atoms with Crippen LogP contribution in [0.15, 0.2) is 48.5 Å². The van der Waals surface area contributed by atoms with Crippen molar-refractivity contribution < 1.29 is 37.0 Å². The van der Waals surface area contributed by atoms with Crippen molar-refractivity contribution in [2.45, 2.75) is 69.1 Å². The molecule has 1 aromatic heterocycles. The number of carbonyl (C=O) groups is 2. The Balaban J connectivity index is 1.15. The van der Waals surface area contributed by atoms with Crippen LogP contribution in [-0.2, 0) is 14.3 Å². The molecule has 264 valence electrons. The number of likely N-dealkylation sites (tertiary alicyclic amines) is 2. The van der Waals surface area contributed by atoms with Gasteiger partial charge >= 0.3 is 0 Å². The smallest absolute Gasteiger partial charge is 0.263 e. The van der Waals surface area contributed by atoms with Gasteiger partial charge in [-0.1, -0.05) is 23.7 Å². The van der Waals surface area contributed by atoms with E-state index in [1.807, 2.05) is 30.3 Å². The monoisotopic (exact) mass is 719 g/mol. The summed E-state index contributed by atoms with van der Waals surface area (Å²) in [6.07, 6.45) is 3.57. The highest BCUT2D eigenvalue weighted by Crippen LogP contribution is 2.44. The standard InChI is InChI=1S/C36H41ClF3N3O5S/c37-29-22-25(38)7-10-27(29)32-28(24-5-8-26(9-6-24)46-20-3-21-48-31-4-1-2-19-47-31)23-30(49-32)33(44)42-15-11-35(12-16-42,34(41)45)43-17-13-36(39,40)14-18-43/h5-10,22-23,31H,1-4,11-21H2,(H2,41,45). The first-order valence-corrected chi connectivity index (χ1v) is 18.0. The number of nitrogens with two attached hydrogens (primary N) is 1. The number of nitrogens with zero attached hydrogens (tertiary/aromatic N) is 2. The molecule has 0 radical (unpaired) electrons. The highest BCUT2D eigenvalue weighted by molar-refractivity contribution is 7.18. The van der Waals surface area contributed by atoms with E-state index in [4.69, 9.17) is 31.5 Å². The summed E-state index contributed by atoms with van der Waals surface area (Å²) < 4.78 is 59.0. The number of alkyl halides is 2. The molecule has 3 aliphatic rings. The van der Waals surface area contributed by atoms with Crippen molar-refractivity contribution in [2.24, 2.45) is 5.73 Å². The van der Waals surface area contributed by atoms with Gasteiger partial charge in [0.2, 0.25) is 5.91 Å². The Labute approximate surface area is 293 Å². The van der Waals surface area contributed by atoms with E-state index in [0.717, 1.165) is 43.4 Å². The number of ether oxygens (including phenoxy) is 3. The van der Waals surface area contributed by atoms with Gasteiger partial charge in [0.1, 0.15) is 17.1 Å². The number of halogens is 4. The fraction of sp³-hybridized carbons (Fsp3) is 0.500. The third kappa shape index (κ3) is 8.26. The number of piperidine rings is 2. The molecular weight excluding hydrogens is 679 g/mol. The van der Waals surface area contributed by atoms with Gasteiger partial charge in [-0.25, -0.2) is 13.2 Å². The van der Waals surface area contributed by atoms with Crippen molar-refractivity contribution in [3.05, 3.63) is 64.2 Å². The van der Waals surface area contributed by atoms with Gasteiger partial charge in [0, 0.05) is 68.1 Å². The summed E-state index contributed by atoms with van der Waals surface area (Å²) in [5.74, 6) is -3.30. The van der Waals surface area contributed by atoms with E-state index in [1.54, 1.807) is 15.9 Å². The first-order valence-electron chi connectivity index (χ1n) is 16.8.